The van der Waals surface area contributed by atoms with E-state index in [0.29, 0.717) is 25.4 Å². The third-order valence-corrected chi connectivity index (χ3v) is 5.02. The summed E-state index contributed by atoms with van der Waals surface area (Å²) in [5, 5.41) is 0. The number of ether oxygens (including phenoxy) is 1. The van der Waals surface area contributed by atoms with Crippen LogP contribution in [0.25, 0.3) is 0 Å². The smallest absolute Gasteiger partial charge is 0.324 e. The topological polar surface area (TPSA) is 63.7 Å². The molecule has 0 saturated carbocycles. The van der Waals surface area contributed by atoms with Gasteiger partial charge in [0.2, 0.25) is 5.91 Å². The third kappa shape index (κ3) is 2.18. The predicted molar refractivity (Wildman–Crippen MR) is 62.8 cm³/mol. The minimum absolute atomic E-state index is 0.0160. The zero-order valence-electron chi connectivity index (χ0n) is 9.85. The highest BCUT2D eigenvalue weighted by Gasteiger charge is 2.58. The fourth-order valence-electron chi connectivity index (χ4n) is 2.66. The van der Waals surface area contributed by atoms with E-state index in [0.717, 1.165) is 4.31 Å². The summed E-state index contributed by atoms with van der Waals surface area (Å²) >= 11 is 0. The Bertz CT molecular complexity index is 436. The van der Waals surface area contributed by atoms with Crippen LogP contribution in [0.3, 0.4) is 0 Å². The number of nitrogens with zero attached hydrogens (tertiary/aromatic N) is 1. The maximum atomic E-state index is 11.4. The molecule has 2 rings (SSSR count). The number of hydrogen-bond acceptors (Lipinski definition) is 4. The summed E-state index contributed by atoms with van der Waals surface area (Å²) < 4.78 is 29.2. The highest BCUT2D eigenvalue weighted by atomic mass is 35.7. The number of halogens is 1. The number of hydrogen-bond donors (Lipinski definition) is 0. The van der Waals surface area contributed by atoms with Crippen molar-refractivity contribution in [2.75, 3.05) is 6.61 Å². The largest absolute Gasteiger partial charge is 0.378 e. The number of amides is 1. The number of carbonyl (C=O) groups excluding carboxylic acids is 1. The van der Waals surface area contributed by atoms with Gasteiger partial charge in [0.15, 0.2) is 0 Å². The maximum Gasteiger partial charge on any atom is 0.324 e. The van der Waals surface area contributed by atoms with Gasteiger partial charge < -0.3 is 4.74 Å². The Morgan fingerprint density at radius 2 is 2.18 bits per heavy atom. The molecule has 0 aromatic heterocycles. The molecule has 1 amide bonds. The minimum atomic E-state index is -3.97. The molecule has 17 heavy (non-hydrogen) atoms. The van der Waals surface area contributed by atoms with Crippen LogP contribution in [-0.4, -0.2) is 36.9 Å². The summed E-state index contributed by atoms with van der Waals surface area (Å²) in [5.74, 6) is -0.118. The molecule has 2 atom stereocenters. The van der Waals surface area contributed by atoms with E-state index in [9.17, 15) is 13.2 Å². The van der Waals surface area contributed by atoms with Crippen LogP contribution in [0.15, 0.2) is 0 Å². The summed E-state index contributed by atoms with van der Waals surface area (Å²) in [4.78, 5) is 11.4. The highest BCUT2D eigenvalue weighted by molar-refractivity contribution is 8.12. The van der Waals surface area contributed by atoms with Crippen LogP contribution in [0.4, 0.5) is 0 Å². The first-order chi connectivity index (χ1) is 7.76. The van der Waals surface area contributed by atoms with Crippen LogP contribution in [0.1, 0.15) is 33.1 Å². The molecular weight excluding hydrogens is 266 g/mol. The quantitative estimate of drug-likeness (QED) is 0.565. The van der Waals surface area contributed by atoms with Crippen LogP contribution in [0, 0.1) is 5.92 Å². The van der Waals surface area contributed by atoms with Crippen molar-refractivity contribution in [1.29, 1.82) is 0 Å². The summed E-state index contributed by atoms with van der Waals surface area (Å²) in [7, 11) is 1.34. The molecule has 0 aromatic carbocycles. The van der Waals surface area contributed by atoms with Gasteiger partial charge in [0.1, 0.15) is 0 Å². The van der Waals surface area contributed by atoms with E-state index < -0.39 is 20.7 Å². The summed E-state index contributed by atoms with van der Waals surface area (Å²) in [6, 6.07) is 0. The first-order valence-electron chi connectivity index (χ1n) is 5.66. The van der Waals surface area contributed by atoms with Crippen LogP contribution in [0.2, 0.25) is 0 Å². The second-order valence-corrected chi connectivity index (χ2v) is 7.47. The van der Waals surface area contributed by atoms with Crippen LogP contribution in [0.5, 0.6) is 0 Å². The molecule has 0 aromatic rings. The second-order valence-electron chi connectivity index (χ2n) is 5.11. The molecule has 98 valence electrons. The van der Waals surface area contributed by atoms with Crippen molar-refractivity contribution < 1.29 is 17.9 Å². The lowest BCUT2D eigenvalue weighted by Crippen LogP contribution is -2.67. The van der Waals surface area contributed by atoms with Crippen molar-refractivity contribution in [1.82, 2.24) is 4.31 Å². The zero-order valence-corrected chi connectivity index (χ0v) is 11.4. The third-order valence-electron chi connectivity index (χ3n) is 3.58. The second kappa shape index (κ2) is 4.10. The van der Waals surface area contributed by atoms with Crippen LogP contribution < -0.4 is 0 Å². The molecule has 2 saturated heterocycles. The van der Waals surface area contributed by atoms with E-state index in [1.165, 1.54) is 0 Å². The Morgan fingerprint density at radius 1 is 1.53 bits per heavy atom. The standard InChI is InChI=1S/C10H16ClNO4S/c1-7(2)8-5-10(3-4-16-8)6-9(13)12(10)17(11,14)15/h7-8H,3-6H2,1-2H3. The molecule has 0 N–H and O–H groups in total. The Kier molecular flexibility index (Phi) is 3.16. The van der Waals surface area contributed by atoms with Gasteiger partial charge in [-0.2, -0.15) is 8.42 Å². The van der Waals surface area contributed by atoms with Crippen molar-refractivity contribution in [2.45, 2.75) is 44.8 Å². The number of β-lactam (4-membered cyclic amide) rings is 1. The fraction of sp³-hybridized carbons (Fsp3) is 0.900. The lowest BCUT2D eigenvalue weighted by Gasteiger charge is -2.53. The van der Waals surface area contributed by atoms with E-state index in [2.05, 4.69) is 0 Å². The molecule has 5 nitrogen and oxygen atoms in total. The number of rotatable bonds is 2. The van der Waals surface area contributed by atoms with E-state index in [-0.39, 0.29) is 12.5 Å². The van der Waals surface area contributed by atoms with Crippen LogP contribution >= 0.6 is 10.7 Å². The SMILES string of the molecule is CC(C)C1CC2(CCO1)CC(=O)N2S(=O)(=O)Cl. The van der Waals surface area contributed by atoms with E-state index in [1.807, 2.05) is 13.8 Å². The van der Waals surface area contributed by atoms with Gasteiger partial charge in [0, 0.05) is 17.3 Å². The Labute approximate surface area is 106 Å². The van der Waals surface area contributed by atoms with E-state index in [4.69, 9.17) is 15.4 Å². The van der Waals surface area contributed by atoms with Gasteiger partial charge in [-0.25, -0.2) is 4.31 Å². The molecule has 2 unspecified atom stereocenters. The summed E-state index contributed by atoms with van der Waals surface area (Å²) in [5.41, 5.74) is -0.634. The predicted octanol–water partition coefficient (Wildman–Crippen LogP) is 1.28. The average Bonchev–Trinajstić information content (AvgIpc) is 2.14. The molecule has 0 radical (unpaired) electrons. The molecule has 2 fully saturated rings. The summed E-state index contributed by atoms with van der Waals surface area (Å²) in [6.45, 7) is 4.51. The van der Waals surface area contributed by atoms with Gasteiger partial charge in [-0.15, -0.1) is 0 Å². The van der Waals surface area contributed by atoms with Gasteiger partial charge in [0.25, 0.3) is 0 Å². The van der Waals surface area contributed by atoms with Crippen molar-refractivity contribution >= 4 is 25.8 Å². The molecule has 7 heteroatoms. The van der Waals surface area contributed by atoms with E-state index in [1.54, 1.807) is 0 Å². The first kappa shape index (κ1) is 13.1. The Hall–Kier alpha value is -0.330. The van der Waals surface area contributed by atoms with Gasteiger partial charge in [-0.3, -0.25) is 4.79 Å². The molecule has 0 aliphatic carbocycles. The molecule has 1 spiro atoms. The molecule has 2 aliphatic heterocycles. The first-order valence-corrected chi connectivity index (χ1v) is 7.92. The highest BCUT2D eigenvalue weighted by Crippen LogP contribution is 2.45. The van der Waals surface area contributed by atoms with Crippen molar-refractivity contribution in [3.63, 3.8) is 0 Å². The monoisotopic (exact) mass is 281 g/mol. The van der Waals surface area contributed by atoms with Gasteiger partial charge >= 0.3 is 9.24 Å². The average molecular weight is 282 g/mol. The molecule has 0 bridgehead atoms. The molecule has 2 aliphatic rings. The molecule has 2 heterocycles. The maximum absolute atomic E-state index is 11.4. The van der Waals surface area contributed by atoms with Crippen LogP contribution in [-0.2, 0) is 18.8 Å². The lowest BCUT2D eigenvalue weighted by atomic mass is 9.76. The summed E-state index contributed by atoms with van der Waals surface area (Å²) in [6.07, 6.45) is 1.32. The van der Waals surface area contributed by atoms with Gasteiger partial charge in [-0.05, 0) is 18.8 Å². The molecular formula is C10H16ClNO4S. The van der Waals surface area contributed by atoms with Gasteiger partial charge in [-0.1, -0.05) is 13.8 Å². The lowest BCUT2D eigenvalue weighted by molar-refractivity contribution is -0.158. The fourth-order valence-corrected chi connectivity index (χ4v) is 4.33. The number of carbonyl (C=O) groups is 1. The normalized spacial score (nSPS) is 34.2. The van der Waals surface area contributed by atoms with Gasteiger partial charge in [0.05, 0.1) is 18.1 Å². The minimum Gasteiger partial charge on any atom is -0.378 e. The Morgan fingerprint density at radius 3 is 2.65 bits per heavy atom. The van der Waals surface area contributed by atoms with Crippen molar-refractivity contribution in [2.24, 2.45) is 5.92 Å². The van der Waals surface area contributed by atoms with E-state index >= 15 is 0 Å². The van der Waals surface area contributed by atoms with Crippen molar-refractivity contribution in [3.05, 3.63) is 0 Å². The Balaban J connectivity index is 2.23. The zero-order chi connectivity index (χ0) is 12.8. The van der Waals surface area contributed by atoms with Crippen molar-refractivity contribution in [3.8, 4) is 0 Å².